The maximum Gasteiger partial charge on any atom is 0.147 e. The lowest BCUT2D eigenvalue weighted by molar-refractivity contribution is 0.0739. The molecule has 2 rings (SSSR count). The van der Waals surface area contributed by atoms with Gasteiger partial charge in [0.05, 0.1) is 12.7 Å². The van der Waals surface area contributed by atoms with Crippen LogP contribution in [0.5, 0.6) is 0 Å². The van der Waals surface area contributed by atoms with Crippen molar-refractivity contribution in [2.24, 2.45) is 5.16 Å². The Morgan fingerprint density at radius 3 is 2.91 bits per heavy atom. The fourth-order valence-electron chi connectivity index (χ4n) is 3.40. The predicted octanol–water partition coefficient (Wildman–Crippen LogP) is 2.61. The molecular weight excluding hydrogens is 278 g/mol. The topological polar surface area (TPSA) is 37.3 Å². The van der Waals surface area contributed by atoms with Gasteiger partial charge in [0.25, 0.3) is 0 Å². The Kier molecular flexibility index (Phi) is 6.93. The molecule has 124 valence electrons. The van der Waals surface area contributed by atoms with Crippen molar-refractivity contribution in [1.29, 1.82) is 0 Å². The summed E-state index contributed by atoms with van der Waals surface area (Å²) in [6.07, 6.45) is 9.08. The average Bonchev–Trinajstić information content (AvgIpc) is 2.85. The largest absolute Gasteiger partial charge is 0.375 e. The van der Waals surface area contributed by atoms with Crippen molar-refractivity contribution >= 4 is 6.72 Å². The van der Waals surface area contributed by atoms with Crippen molar-refractivity contribution in [3.8, 4) is 0 Å². The summed E-state index contributed by atoms with van der Waals surface area (Å²) in [4.78, 5) is 10.0. The van der Waals surface area contributed by atoms with Crippen molar-refractivity contribution < 1.29 is 9.57 Å². The Bertz CT molecular complexity index is 397. The molecule has 5 heteroatoms. The molecule has 0 aromatic rings. The third kappa shape index (κ3) is 5.14. The molecule has 0 radical (unpaired) electrons. The fourth-order valence-corrected chi connectivity index (χ4v) is 3.40. The zero-order chi connectivity index (χ0) is 15.8. The van der Waals surface area contributed by atoms with E-state index in [1.165, 1.54) is 19.3 Å². The van der Waals surface area contributed by atoms with Gasteiger partial charge in [0.15, 0.2) is 0 Å². The number of allylic oxidation sites excluding steroid dienone is 1. The quantitative estimate of drug-likeness (QED) is 0.314. The Morgan fingerprint density at radius 1 is 1.27 bits per heavy atom. The molecule has 2 atom stereocenters. The maximum absolute atomic E-state index is 5.79. The highest BCUT2D eigenvalue weighted by Gasteiger charge is 2.29. The predicted molar refractivity (Wildman–Crippen MR) is 89.7 cm³/mol. The highest BCUT2D eigenvalue weighted by Crippen LogP contribution is 2.23. The van der Waals surface area contributed by atoms with Crippen LogP contribution < -0.4 is 0 Å². The van der Waals surface area contributed by atoms with Gasteiger partial charge in [-0.25, -0.2) is 0 Å². The van der Waals surface area contributed by atoms with Crippen molar-refractivity contribution in [3.05, 3.63) is 24.6 Å². The minimum Gasteiger partial charge on any atom is -0.375 e. The van der Waals surface area contributed by atoms with Gasteiger partial charge in [0.2, 0.25) is 0 Å². The molecule has 0 saturated carbocycles. The number of likely N-dealkylation sites (tertiary alicyclic amines) is 2. The van der Waals surface area contributed by atoms with E-state index in [0.717, 1.165) is 38.4 Å². The fraction of sp³-hybridized carbons (Fsp3) is 0.706. The van der Waals surface area contributed by atoms with E-state index in [9.17, 15) is 0 Å². The molecule has 2 heterocycles. The third-order valence-electron chi connectivity index (χ3n) is 4.45. The van der Waals surface area contributed by atoms with E-state index in [0.29, 0.717) is 18.8 Å². The minimum atomic E-state index is 0.381. The van der Waals surface area contributed by atoms with Gasteiger partial charge in [-0.15, -0.1) is 6.58 Å². The van der Waals surface area contributed by atoms with Crippen LogP contribution in [0.3, 0.4) is 0 Å². The number of nitrogens with zero attached hydrogens (tertiary/aromatic N) is 3. The monoisotopic (exact) mass is 307 g/mol. The van der Waals surface area contributed by atoms with Crippen LogP contribution in [-0.4, -0.2) is 61.4 Å². The van der Waals surface area contributed by atoms with Gasteiger partial charge in [0.1, 0.15) is 5.76 Å². The second-order valence-corrected chi connectivity index (χ2v) is 6.11. The molecule has 2 aliphatic heterocycles. The van der Waals surface area contributed by atoms with Gasteiger partial charge < -0.3 is 14.5 Å². The lowest BCUT2D eigenvalue weighted by Crippen LogP contribution is -2.35. The number of ether oxygens (including phenoxy) is 1. The second kappa shape index (κ2) is 8.96. The summed E-state index contributed by atoms with van der Waals surface area (Å²) in [5, 5.41) is 3.46. The van der Waals surface area contributed by atoms with E-state index in [1.807, 2.05) is 13.0 Å². The zero-order valence-electron chi connectivity index (χ0n) is 13.7. The van der Waals surface area contributed by atoms with Crippen molar-refractivity contribution in [3.63, 3.8) is 0 Å². The van der Waals surface area contributed by atoms with E-state index in [1.54, 1.807) is 0 Å². The summed E-state index contributed by atoms with van der Waals surface area (Å²) >= 11 is 0. The molecule has 0 N–H and O–H groups in total. The van der Waals surface area contributed by atoms with Gasteiger partial charge in [-0.1, -0.05) is 11.2 Å². The first-order chi connectivity index (χ1) is 10.7. The molecule has 0 aliphatic carbocycles. The first-order valence-electron chi connectivity index (χ1n) is 8.25. The summed E-state index contributed by atoms with van der Waals surface area (Å²) in [6.45, 7) is 14.0. The van der Waals surface area contributed by atoms with Gasteiger partial charge >= 0.3 is 0 Å². The SMILES string of the molecule is C=CCOC1CCN(C2CCCN(/C=C(\C)ON=C)CC2)C1. The lowest BCUT2D eigenvalue weighted by atomic mass is 10.1. The highest BCUT2D eigenvalue weighted by atomic mass is 16.6. The van der Waals surface area contributed by atoms with Crippen LogP contribution in [0.25, 0.3) is 0 Å². The molecule has 2 fully saturated rings. The molecule has 5 nitrogen and oxygen atoms in total. The van der Waals surface area contributed by atoms with E-state index < -0.39 is 0 Å². The van der Waals surface area contributed by atoms with Crippen LogP contribution in [0.1, 0.15) is 32.6 Å². The molecular formula is C17H29N3O2. The molecule has 0 aromatic heterocycles. The third-order valence-corrected chi connectivity index (χ3v) is 4.45. The zero-order valence-corrected chi connectivity index (χ0v) is 13.7. The standard InChI is InChI=1S/C17H29N3O2/c1-4-12-21-17-8-11-20(14-17)16-6-5-9-19(10-7-16)13-15(2)22-18-3/h4,13,16-17H,1,3,5-12,14H2,2H3/b15-13+. The van der Waals surface area contributed by atoms with E-state index in [-0.39, 0.29) is 0 Å². The average molecular weight is 307 g/mol. The molecule has 0 bridgehead atoms. The highest BCUT2D eigenvalue weighted by molar-refractivity contribution is 5.21. The Labute approximate surface area is 134 Å². The van der Waals surface area contributed by atoms with Crippen molar-refractivity contribution in [1.82, 2.24) is 9.80 Å². The van der Waals surface area contributed by atoms with Gasteiger partial charge in [0, 0.05) is 45.1 Å². The Morgan fingerprint density at radius 2 is 2.14 bits per heavy atom. The smallest absolute Gasteiger partial charge is 0.147 e. The van der Waals surface area contributed by atoms with Gasteiger partial charge in [-0.3, -0.25) is 4.90 Å². The van der Waals surface area contributed by atoms with Crippen molar-refractivity contribution in [2.75, 3.05) is 32.8 Å². The second-order valence-electron chi connectivity index (χ2n) is 6.11. The van der Waals surface area contributed by atoms with Crippen LogP contribution in [0.4, 0.5) is 0 Å². The Balaban J connectivity index is 1.79. The van der Waals surface area contributed by atoms with Crippen LogP contribution in [-0.2, 0) is 9.57 Å². The van der Waals surface area contributed by atoms with Gasteiger partial charge in [-0.05, 0) is 32.6 Å². The molecule has 2 unspecified atom stereocenters. The molecule has 0 spiro atoms. The summed E-state index contributed by atoms with van der Waals surface area (Å²) in [6, 6.07) is 0.675. The molecule has 2 aliphatic rings. The first-order valence-corrected chi connectivity index (χ1v) is 8.25. The normalized spacial score (nSPS) is 27.5. The van der Waals surface area contributed by atoms with Crippen LogP contribution in [0, 0.1) is 0 Å². The Hall–Kier alpha value is -1.33. The minimum absolute atomic E-state index is 0.381. The van der Waals surface area contributed by atoms with E-state index in [2.05, 4.69) is 34.5 Å². The number of hydrogen-bond acceptors (Lipinski definition) is 5. The van der Waals surface area contributed by atoms with E-state index >= 15 is 0 Å². The summed E-state index contributed by atoms with van der Waals surface area (Å²) < 4.78 is 5.79. The van der Waals surface area contributed by atoms with Crippen LogP contribution >= 0.6 is 0 Å². The van der Waals surface area contributed by atoms with Crippen LogP contribution in [0.2, 0.25) is 0 Å². The summed E-state index contributed by atoms with van der Waals surface area (Å²) in [5.74, 6) is 0.799. The summed E-state index contributed by atoms with van der Waals surface area (Å²) in [7, 11) is 0. The molecule has 0 aromatic carbocycles. The molecule has 0 amide bonds. The number of rotatable bonds is 7. The van der Waals surface area contributed by atoms with Crippen LogP contribution in [0.15, 0.2) is 29.8 Å². The van der Waals surface area contributed by atoms with Crippen molar-refractivity contribution in [2.45, 2.75) is 44.8 Å². The molecule has 22 heavy (non-hydrogen) atoms. The van der Waals surface area contributed by atoms with E-state index in [4.69, 9.17) is 9.57 Å². The number of oxime groups is 1. The summed E-state index contributed by atoms with van der Waals surface area (Å²) in [5.41, 5.74) is 0. The van der Waals surface area contributed by atoms with Gasteiger partial charge in [-0.2, -0.15) is 0 Å². The first kappa shape index (κ1) is 17.0. The maximum atomic E-state index is 5.79. The molecule has 2 saturated heterocycles. The number of hydrogen-bond donors (Lipinski definition) is 0. The lowest BCUT2D eigenvalue weighted by Gasteiger charge is -2.26.